The van der Waals surface area contributed by atoms with Crippen LogP contribution in [0, 0.1) is 0 Å². The Bertz CT molecular complexity index is 202. The molecule has 1 amide bonds. The molecule has 0 aromatic rings. The lowest BCUT2D eigenvalue weighted by Crippen LogP contribution is -2.31. The summed E-state index contributed by atoms with van der Waals surface area (Å²) in [6.45, 7) is 10.4. The zero-order chi connectivity index (χ0) is 11.7. The Labute approximate surface area is 92.6 Å². The van der Waals surface area contributed by atoms with Crippen LogP contribution < -0.4 is 5.73 Å². The van der Waals surface area contributed by atoms with Crippen LogP contribution in [0.2, 0.25) is 0 Å². The molecule has 0 aliphatic carbocycles. The third kappa shape index (κ3) is 6.91. The minimum atomic E-state index is 0.149. The molecule has 0 saturated heterocycles. The molecule has 0 aliphatic heterocycles. The van der Waals surface area contributed by atoms with Crippen molar-refractivity contribution in [3.63, 3.8) is 0 Å². The Balaban J connectivity index is 3.90. The molecule has 0 heterocycles. The van der Waals surface area contributed by atoms with Crippen molar-refractivity contribution in [2.45, 2.75) is 32.2 Å². The number of amides is 1. The normalized spacial score (nSPS) is 11.9. The van der Waals surface area contributed by atoms with Crippen molar-refractivity contribution >= 4 is 5.91 Å². The second kappa shape index (κ2) is 8.24. The van der Waals surface area contributed by atoms with E-state index >= 15 is 0 Å². The number of hydrogen-bond donors (Lipinski definition) is 1. The van der Waals surface area contributed by atoms with Gasteiger partial charge in [0, 0.05) is 25.6 Å². The summed E-state index contributed by atoms with van der Waals surface area (Å²) in [7, 11) is 0. The molecule has 15 heavy (non-hydrogen) atoms. The molecule has 0 fully saturated rings. The highest BCUT2D eigenvalue weighted by Crippen LogP contribution is 2.03. The molecule has 0 aromatic carbocycles. The first-order valence-corrected chi connectivity index (χ1v) is 5.37. The van der Waals surface area contributed by atoms with Crippen molar-refractivity contribution in [3.8, 4) is 0 Å². The summed E-state index contributed by atoms with van der Waals surface area (Å²) in [5.74, 6) is 0.149. The summed E-state index contributed by atoms with van der Waals surface area (Å²) < 4.78 is 0. The van der Waals surface area contributed by atoms with E-state index in [0.29, 0.717) is 19.5 Å². The monoisotopic (exact) mass is 210 g/mol. The fourth-order valence-corrected chi connectivity index (χ4v) is 1.32. The molecule has 0 aliphatic rings. The van der Waals surface area contributed by atoms with Crippen molar-refractivity contribution < 1.29 is 4.79 Å². The molecule has 3 heteroatoms. The fourth-order valence-electron chi connectivity index (χ4n) is 1.32. The third-order valence-electron chi connectivity index (χ3n) is 2.10. The molecule has 3 nitrogen and oxygen atoms in total. The minimum Gasteiger partial charge on any atom is -0.335 e. The molecular formula is C12H22N2O. The lowest BCUT2D eigenvalue weighted by molar-refractivity contribution is -0.130. The van der Waals surface area contributed by atoms with Gasteiger partial charge in [-0.2, -0.15) is 0 Å². The standard InChI is InChI=1S/C12H22N2O/c1-4-9-14(10-5-2)12(15)8-6-7-11(3)13/h4-5,11H,1-2,6-10,13H2,3H3. The first-order valence-electron chi connectivity index (χ1n) is 5.37. The highest BCUT2D eigenvalue weighted by Gasteiger charge is 2.09. The van der Waals surface area contributed by atoms with Crippen molar-refractivity contribution in [2.75, 3.05) is 13.1 Å². The van der Waals surface area contributed by atoms with E-state index in [1.54, 1.807) is 17.1 Å². The van der Waals surface area contributed by atoms with E-state index in [1.165, 1.54) is 0 Å². The van der Waals surface area contributed by atoms with Gasteiger partial charge in [-0.05, 0) is 19.8 Å². The Hall–Kier alpha value is -1.09. The van der Waals surface area contributed by atoms with E-state index in [2.05, 4.69) is 13.2 Å². The smallest absolute Gasteiger partial charge is 0.223 e. The predicted molar refractivity (Wildman–Crippen MR) is 64.5 cm³/mol. The van der Waals surface area contributed by atoms with Gasteiger partial charge in [-0.3, -0.25) is 4.79 Å². The van der Waals surface area contributed by atoms with Gasteiger partial charge < -0.3 is 10.6 Å². The molecule has 0 bridgehead atoms. The van der Waals surface area contributed by atoms with E-state index in [-0.39, 0.29) is 11.9 Å². The van der Waals surface area contributed by atoms with Crippen LogP contribution in [-0.2, 0) is 4.79 Å². The van der Waals surface area contributed by atoms with Crippen LogP contribution in [0.25, 0.3) is 0 Å². The molecule has 1 unspecified atom stereocenters. The van der Waals surface area contributed by atoms with Crippen LogP contribution in [0.3, 0.4) is 0 Å². The second-order valence-corrected chi connectivity index (χ2v) is 3.75. The average Bonchev–Trinajstić information content (AvgIpc) is 2.16. The predicted octanol–water partition coefficient (Wildman–Crippen LogP) is 1.70. The Morgan fingerprint density at radius 2 is 1.93 bits per heavy atom. The van der Waals surface area contributed by atoms with Crippen molar-refractivity contribution in [2.24, 2.45) is 5.73 Å². The van der Waals surface area contributed by atoms with Crippen molar-refractivity contribution in [3.05, 3.63) is 25.3 Å². The van der Waals surface area contributed by atoms with Gasteiger partial charge in [0.1, 0.15) is 0 Å². The third-order valence-corrected chi connectivity index (χ3v) is 2.10. The molecule has 0 aromatic heterocycles. The van der Waals surface area contributed by atoms with Gasteiger partial charge in [0.2, 0.25) is 5.91 Å². The molecular weight excluding hydrogens is 188 g/mol. The molecule has 0 rings (SSSR count). The summed E-state index contributed by atoms with van der Waals surface area (Å²) in [4.78, 5) is 13.4. The summed E-state index contributed by atoms with van der Waals surface area (Å²) in [6.07, 6.45) is 5.76. The molecule has 0 radical (unpaired) electrons. The zero-order valence-corrected chi connectivity index (χ0v) is 9.61. The minimum absolute atomic E-state index is 0.149. The molecule has 2 N–H and O–H groups in total. The number of carbonyl (C=O) groups is 1. The Kier molecular flexibility index (Phi) is 7.64. The largest absolute Gasteiger partial charge is 0.335 e. The van der Waals surface area contributed by atoms with Gasteiger partial charge >= 0.3 is 0 Å². The first-order chi connectivity index (χ1) is 7.11. The van der Waals surface area contributed by atoms with Gasteiger partial charge in [-0.15, -0.1) is 13.2 Å². The Morgan fingerprint density at radius 1 is 1.40 bits per heavy atom. The summed E-state index contributed by atoms with van der Waals surface area (Å²) in [5.41, 5.74) is 5.61. The molecule has 0 spiro atoms. The SMILES string of the molecule is C=CCN(CC=C)C(=O)CCCC(C)N. The second-order valence-electron chi connectivity index (χ2n) is 3.75. The van der Waals surface area contributed by atoms with E-state index in [0.717, 1.165) is 12.8 Å². The van der Waals surface area contributed by atoms with Gasteiger partial charge in [0.25, 0.3) is 0 Å². The number of hydrogen-bond acceptors (Lipinski definition) is 2. The number of carbonyl (C=O) groups excluding carboxylic acids is 1. The van der Waals surface area contributed by atoms with E-state index in [1.807, 2.05) is 6.92 Å². The van der Waals surface area contributed by atoms with Crippen molar-refractivity contribution in [1.29, 1.82) is 0 Å². The highest BCUT2D eigenvalue weighted by atomic mass is 16.2. The molecule has 86 valence electrons. The quantitative estimate of drug-likeness (QED) is 0.620. The molecule has 0 saturated carbocycles. The topological polar surface area (TPSA) is 46.3 Å². The lowest BCUT2D eigenvalue weighted by atomic mass is 10.1. The maximum Gasteiger partial charge on any atom is 0.223 e. The van der Waals surface area contributed by atoms with Gasteiger partial charge in [0.05, 0.1) is 0 Å². The fraction of sp³-hybridized carbons (Fsp3) is 0.583. The summed E-state index contributed by atoms with van der Waals surface area (Å²) >= 11 is 0. The van der Waals surface area contributed by atoms with E-state index in [4.69, 9.17) is 5.73 Å². The highest BCUT2D eigenvalue weighted by molar-refractivity contribution is 5.76. The zero-order valence-electron chi connectivity index (χ0n) is 9.61. The first kappa shape index (κ1) is 13.9. The van der Waals surface area contributed by atoms with Crippen LogP contribution in [0.15, 0.2) is 25.3 Å². The van der Waals surface area contributed by atoms with E-state index < -0.39 is 0 Å². The van der Waals surface area contributed by atoms with Gasteiger partial charge in [0.15, 0.2) is 0 Å². The maximum absolute atomic E-state index is 11.7. The summed E-state index contributed by atoms with van der Waals surface area (Å²) in [6, 6.07) is 0.171. The van der Waals surface area contributed by atoms with E-state index in [9.17, 15) is 4.79 Å². The van der Waals surface area contributed by atoms with Crippen LogP contribution in [0.1, 0.15) is 26.2 Å². The van der Waals surface area contributed by atoms with Gasteiger partial charge in [-0.1, -0.05) is 12.2 Å². The maximum atomic E-state index is 11.7. The summed E-state index contributed by atoms with van der Waals surface area (Å²) in [5, 5.41) is 0. The Morgan fingerprint density at radius 3 is 2.33 bits per heavy atom. The van der Waals surface area contributed by atoms with Crippen LogP contribution in [0.4, 0.5) is 0 Å². The van der Waals surface area contributed by atoms with Crippen LogP contribution in [-0.4, -0.2) is 29.9 Å². The number of rotatable bonds is 8. The average molecular weight is 210 g/mol. The molecule has 1 atom stereocenters. The van der Waals surface area contributed by atoms with Crippen LogP contribution >= 0.6 is 0 Å². The number of nitrogens with zero attached hydrogens (tertiary/aromatic N) is 1. The van der Waals surface area contributed by atoms with Gasteiger partial charge in [-0.25, -0.2) is 0 Å². The lowest BCUT2D eigenvalue weighted by Gasteiger charge is -2.19. The number of nitrogens with two attached hydrogens (primary N) is 1. The van der Waals surface area contributed by atoms with Crippen LogP contribution in [0.5, 0.6) is 0 Å². The van der Waals surface area contributed by atoms with Crippen molar-refractivity contribution in [1.82, 2.24) is 4.90 Å².